The molecule has 0 atom stereocenters. The summed E-state index contributed by atoms with van der Waals surface area (Å²) in [6, 6.07) is 15.4. The van der Waals surface area contributed by atoms with Crippen LogP contribution in [0.4, 0.5) is 0 Å². The van der Waals surface area contributed by atoms with E-state index in [1.165, 1.54) is 0 Å². The van der Waals surface area contributed by atoms with Crippen molar-refractivity contribution < 1.29 is 4.74 Å². The maximum atomic E-state index is 5.90. The molecule has 0 bridgehead atoms. The van der Waals surface area contributed by atoms with Crippen LogP contribution in [0, 0.1) is 0 Å². The van der Waals surface area contributed by atoms with Gasteiger partial charge in [-0.05, 0) is 51.1 Å². The van der Waals surface area contributed by atoms with Crippen molar-refractivity contribution >= 4 is 0 Å². The van der Waals surface area contributed by atoms with Crippen LogP contribution in [-0.4, -0.2) is 20.6 Å². The molecule has 23 heavy (non-hydrogen) atoms. The van der Waals surface area contributed by atoms with Crippen LogP contribution >= 0.6 is 0 Å². The van der Waals surface area contributed by atoms with Crippen molar-refractivity contribution in [1.82, 2.24) is 15.0 Å². The van der Waals surface area contributed by atoms with E-state index in [-0.39, 0.29) is 5.60 Å². The molecule has 0 radical (unpaired) electrons. The van der Waals surface area contributed by atoms with E-state index in [1.54, 1.807) is 12.4 Å². The lowest BCUT2D eigenvalue weighted by Crippen LogP contribution is -2.22. The second-order valence-electron chi connectivity index (χ2n) is 6.21. The summed E-state index contributed by atoms with van der Waals surface area (Å²) >= 11 is 0. The van der Waals surface area contributed by atoms with Gasteiger partial charge in [-0.3, -0.25) is 9.97 Å². The van der Waals surface area contributed by atoms with Crippen molar-refractivity contribution in [3.63, 3.8) is 0 Å². The van der Waals surface area contributed by atoms with Crippen molar-refractivity contribution in [2.45, 2.75) is 26.4 Å². The van der Waals surface area contributed by atoms with Gasteiger partial charge < -0.3 is 4.74 Å². The van der Waals surface area contributed by atoms with E-state index in [2.05, 4.69) is 15.0 Å². The van der Waals surface area contributed by atoms with Crippen LogP contribution in [0.15, 0.2) is 60.9 Å². The molecule has 3 aromatic rings. The molecule has 4 heteroatoms. The third-order valence-corrected chi connectivity index (χ3v) is 3.09. The lowest BCUT2D eigenvalue weighted by Gasteiger charge is -2.21. The van der Waals surface area contributed by atoms with E-state index in [9.17, 15) is 0 Å². The van der Waals surface area contributed by atoms with Gasteiger partial charge in [0, 0.05) is 18.5 Å². The molecule has 0 fully saturated rings. The average Bonchev–Trinajstić information content (AvgIpc) is 2.54. The molecule has 116 valence electrons. The van der Waals surface area contributed by atoms with Crippen molar-refractivity contribution in [2.24, 2.45) is 0 Å². The number of ether oxygens (including phenoxy) is 1. The molecule has 0 saturated heterocycles. The number of hydrogen-bond donors (Lipinski definition) is 0. The predicted molar refractivity (Wildman–Crippen MR) is 91.1 cm³/mol. The zero-order chi connectivity index (χ0) is 16.3. The Kier molecular flexibility index (Phi) is 4.06. The minimum Gasteiger partial charge on any atom is -0.488 e. The minimum atomic E-state index is -0.248. The summed E-state index contributed by atoms with van der Waals surface area (Å²) in [7, 11) is 0. The molecule has 0 aliphatic carbocycles. The molecule has 0 unspecified atom stereocenters. The van der Waals surface area contributed by atoms with E-state index >= 15 is 0 Å². The number of pyridine rings is 3. The summed E-state index contributed by atoms with van der Waals surface area (Å²) < 4.78 is 5.90. The summed E-state index contributed by atoms with van der Waals surface area (Å²) in [4.78, 5) is 13.4. The zero-order valence-electron chi connectivity index (χ0n) is 13.5. The average molecular weight is 305 g/mol. The molecule has 0 aliphatic heterocycles. The Balaban J connectivity index is 1.95. The topological polar surface area (TPSA) is 47.9 Å². The monoisotopic (exact) mass is 305 g/mol. The fourth-order valence-corrected chi connectivity index (χ4v) is 2.20. The van der Waals surface area contributed by atoms with Gasteiger partial charge in [0.15, 0.2) is 0 Å². The summed E-state index contributed by atoms with van der Waals surface area (Å²) in [6.07, 6.45) is 3.51. The standard InChI is InChI=1S/C19H19N3O/c1-19(2,3)23-14-10-12-21-18(13-14)17-9-6-8-16(22-17)15-7-4-5-11-20-15/h4-13H,1-3H3. The highest BCUT2D eigenvalue weighted by Gasteiger charge is 2.13. The van der Waals surface area contributed by atoms with Gasteiger partial charge in [-0.25, -0.2) is 4.98 Å². The Hall–Kier alpha value is -2.75. The first-order valence-corrected chi connectivity index (χ1v) is 7.55. The maximum Gasteiger partial charge on any atom is 0.123 e. The molecule has 4 nitrogen and oxygen atoms in total. The first-order valence-electron chi connectivity index (χ1n) is 7.55. The molecule has 0 aromatic carbocycles. The SMILES string of the molecule is CC(C)(C)Oc1ccnc(-c2cccc(-c3ccccn3)n2)c1. The lowest BCUT2D eigenvalue weighted by molar-refractivity contribution is 0.131. The van der Waals surface area contributed by atoms with E-state index in [0.29, 0.717) is 0 Å². The normalized spacial score (nSPS) is 11.3. The maximum absolute atomic E-state index is 5.90. The third-order valence-electron chi connectivity index (χ3n) is 3.09. The second kappa shape index (κ2) is 6.16. The van der Waals surface area contributed by atoms with Crippen LogP contribution < -0.4 is 4.74 Å². The third kappa shape index (κ3) is 3.92. The number of hydrogen-bond acceptors (Lipinski definition) is 4. The fourth-order valence-electron chi connectivity index (χ4n) is 2.20. The van der Waals surface area contributed by atoms with Gasteiger partial charge in [-0.2, -0.15) is 0 Å². The van der Waals surface area contributed by atoms with E-state index in [0.717, 1.165) is 28.5 Å². The summed E-state index contributed by atoms with van der Waals surface area (Å²) in [5.74, 6) is 0.785. The molecule has 0 saturated carbocycles. The Morgan fingerprint density at radius 3 is 2.13 bits per heavy atom. The van der Waals surface area contributed by atoms with Gasteiger partial charge in [-0.1, -0.05) is 12.1 Å². The van der Waals surface area contributed by atoms with Crippen molar-refractivity contribution in [3.8, 4) is 28.5 Å². The Morgan fingerprint density at radius 1 is 0.739 bits per heavy atom. The highest BCUT2D eigenvalue weighted by atomic mass is 16.5. The molecule has 3 rings (SSSR count). The molecule has 0 amide bonds. The van der Waals surface area contributed by atoms with Gasteiger partial charge in [-0.15, -0.1) is 0 Å². The lowest BCUT2D eigenvalue weighted by atomic mass is 10.1. The molecular formula is C19H19N3O. The van der Waals surface area contributed by atoms with Gasteiger partial charge in [0.1, 0.15) is 11.4 Å². The van der Waals surface area contributed by atoms with Crippen LogP contribution in [0.3, 0.4) is 0 Å². The van der Waals surface area contributed by atoms with Crippen LogP contribution in [0.25, 0.3) is 22.8 Å². The first-order chi connectivity index (χ1) is 11.0. The van der Waals surface area contributed by atoms with Gasteiger partial charge in [0.05, 0.1) is 22.8 Å². The Bertz CT molecular complexity index is 795. The van der Waals surface area contributed by atoms with Crippen molar-refractivity contribution in [3.05, 3.63) is 60.9 Å². The second-order valence-corrected chi connectivity index (χ2v) is 6.21. The van der Waals surface area contributed by atoms with Crippen molar-refractivity contribution in [1.29, 1.82) is 0 Å². The molecule has 3 heterocycles. The molecular weight excluding hydrogens is 286 g/mol. The molecule has 0 N–H and O–H groups in total. The van der Waals surface area contributed by atoms with Crippen LogP contribution in [0.1, 0.15) is 20.8 Å². The first kappa shape index (κ1) is 15.2. The number of aromatic nitrogens is 3. The largest absolute Gasteiger partial charge is 0.488 e. The van der Waals surface area contributed by atoms with Gasteiger partial charge in [0.25, 0.3) is 0 Å². The van der Waals surface area contributed by atoms with Crippen LogP contribution in [0.2, 0.25) is 0 Å². The van der Waals surface area contributed by atoms with E-state index in [1.807, 2.05) is 69.3 Å². The molecule has 0 spiro atoms. The highest BCUT2D eigenvalue weighted by molar-refractivity contribution is 5.62. The van der Waals surface area contributed by atoms with Crippen LogP contribution in [0.5, 0.6) is 5.75 Å². The predicted octanol–water partition coefficient (Wildman–Crippen LogP) is 4.38. The van der Waals surface area contributed by atoms with E-state index in [4.69, 9.17) is 4.74 Å². The highest BCUT2D eigenvalue weighted by Crippen LogP contribution is 2.24. The van der Waals surface area contributed by atoms with Gasteiger partial charge in [0.2, 0.25) is 0 Å². The number of rotatable bonds is 3. The molecule has 0 aliphatic rings. The summed E-state index contributed by atoms with van der Waals surface area (Å²) in [6.45, 7) is 6.06. The summed E-state index contributed by atoms with van der Waals surface area (Å²) in [5, 5.41) is 0. The quantitative estimate of drug-likeness (QED) is 0.720. The van der Waals surface area contributed by atoms with Crippen LogP contribution in [-0.2, 0) is 0 Å². The Labute approximate surface area is 136 Å². The zero-order valence-corrected chi connectivity index (χ0v) is 13.5. The fraction of sp³-hybridized carbons (Fsp3) is 0.211. The van der Waals surface area contributed by atoms with Gasteiger partial charge >= 0.3 is 0 Å². The minimum absolute atomic E-state index is 0.248. The Morgan fingerprint density at radius 2 is 1.43 bits per heavy atom. The smallest absolute Gasteiger partial charge is 0.123 e. The molecule has 3 aromatic heterocycles. The van der Waals surface area contributed by atoms with Crippen molar-refractivity contribution in [2.75, 3.05) is 0 Å². The van der Waals surface area contributed by atoms with E-state index < -0.39 is 0 Å². The summed E-state index contributed by atoms with van der Waals surface area (Å²) in [5.41, 5.74) is 3.00. The number of nitrogens with zero attached hydrogens (tertiary/aromatic N) is 3.